The van der Waals surface area contributed by atoms with Crippen LogP contribution >= 0.6 is 0 Å². The molecule has 0 fully saturated rings. The number of hydrogen-bond acceptors (Lipinski definition) is 4. The third kappa shape index (κ3) is 4.14. The van der Waals surface area contributed by atoms with Gasteiger partial charge in [-0.15, -0.1) is 0 Å². The van der Waals surface area contributed by atoms with Crippen molar-refractivity contribution in [2.75, 3.05) is 13.6 Å². The highest BCUT2D eigenvalue weighted by atomic mass is 32.2. The van der Waals surface area contributed by atoms with Crippen molar-refractivity contribution in [3.63, 3.8) is 0 Å². The van der Waals surface area contributed by atoms with E-state index < -0.39 is 10.0 Å². The van der Waals surface area contributed by atoms with Crippen molar-refractivity contribution in [1.82, 2.24) is 9.62 Å². The van der Waals surface area contributed by atoms with Gasteiger partial charge >= 0.3 is 0 Å². The Morgan fingerprint density at radius 2 is 1.92 bits per heavy atom. The average molecular weight is 351 g/mol. The van der Waals surface area contributed by atoms with Crippen molar-refractivity contribution >= 4 is 21.8 Å². The number of fused-ring (bicyclic) bond motifs is 1. The first-order valence-electron chi connectivity index (χ1n) is 8.14. The van der Waals surface area contributed by atoms with Gasteiger partial charge in [-0.05, 0) is 31.4 Å². The molecule has 0 aromatic heterocycles. The van der Waals surface area contributed by atoms with Gasteiger partial charge in [0.25, 0.3) is 10.0 Å². The summed E-state index contributed by atoms with van der Waals surface area (Å²) in [5.74, 6) is 0.859. The maximum atomic E-state index is 12.2. The summed E-state index contributed by atoms with van der Waals surface area (Å²) in [5.41, 5.74) is 0.562. The lowest BCUT2D eigenvalue weighted by molar-refractivity contribution is -0.131. The Balaban J connectivity index is 1.99. The summed E-state index contributed by atoms with van der Waals surface area (Å²) in [6.07, 6.45) is 1.20. The Kier molecular flexibility index (Phi) is 5.64. The molecule has 24 heavy (non-hydrogen) atoms. The van der Waals surface area contributed by atoms with Crippen molar-refractivity contribution in [3.05, 3.63) is 29.8 Å². The Hall–Kier alpha value is -1.89. The number of carbonyl (C=O) groups is 1. The quantitative estimate of drug-likeness (QED) is 0.851. The average Bonchev–Trinajstić information content (AvgIpc) is 2.77. The van der Waals surface area contributed by atoms with Crippen LogP contribution < -0.4 is 4.72 Å². The first-order chi connectivity index (χ1) is 11.2. The van der Waals surface area contributed by atoms with Crippen LogP contribution in [0, 0.1) is 5.92 Å². The summed E-state index contributed by atoms with van der Waals surface area (Å²) in [4.78, 5) is 18.5. The van der Waals surface area contributed by atoms with Gasteiger partial charge in [0.05, 0.1) is 11.4 Å². The van der Waals surface area contributed by atoms with Gasteiger partial charge in [-0.1, -0.05) is 26.0 Å². The van der Waals surface area contributed by atoms with Crippen LogP contribution in [-0.4, -0.2) is 44.7 Å². The molecule has 0 spiro atoms. The number of hydrogen-bond donors (Lipinski definition) is 1. The number of amidine groups is 1. The molecule has 7 heteroatoms. The van der Waals surface area contributed by atoms with E-state index in [1.165, 1.54) is 0 Å². The molecule has 1 atom stereocenters. The zero-order valence-electron chi connectivity index (χ0n) is 14.6. The van der Waals surface area contributed by atoms with Gasteiger partial charge in [-0.2, -0.15) is 0 Å². The van der Waals surface area contributed by atoms with E-state index in [2.05, 4.69) is 23.6 Å². The normalized spacial score (nSPS) is 18.3. The van der Waals surface area contributed by atoms with E-state index in [9.17, 15) is 13.2 Å². The van der Waals surface area contributed by atoms with Crippen molar-refractivity contribution in [3.8, 4) is 0 Å². The number of aliphatic imine (C=N–C) groups is 1. The van der Waals surface area contributed by atoms with E-state index in [-0.39, 0.29) is 29.8 Å². The second-order valence-electron chi connectivity index (χ2n) is 6.57. The second kappa shape index (κ2) is 7.34. The maximum absolute atomic E-state index is 12.2. The number of nitrogens with zero attached hydrogens (tertiary/aromatic N) is 2. The number of amides is 1. The molecule has 6 nitrogen and oxygen atoms in total. The maximum Gasteiger partial charge on any atom is 0.263 e. The van der Waals surface area contributed by atoms with Crippen LogP contribution in [0.1, 0.15) is 39.2 Å². The number of carbonyl (C=O) groups excluding carboxylic acids is 1. The fraction of sp³-hybridized carbons (Fsp3) is 0.529. The lowest BCUT2D eigenvalue weighted by Gasteiger charge is -2.26. The van der Waals surface area contributed by atoms with Crippen molar-refractivity contribution < 1.29 is 13.2 Å². The van der Waals surface area contributed by atoms with Crippen molar-refractivity contribution in [2.24, 2.45) is 10.9 Å². The van der Waals surface area contributed by atoms with Gasteiger partial charge in [-0.25, -0.2) is 8.42 Å². The summed E-state index contributed by atoms with van der Waals surface area (Å²) < 4.78 is 26.4. The summed E-state index contributed by atoms with van der Waals surface area (Å²) in [5, 5.41) is 0. The van der Waals surface area contributed by atoms with E-state index in [1.807, 2.05) is 6.92 Å². The van der Waals surface area contributed by atoms with Crippen LogP contribution in [-0.2, 0) is 14.8 Å². The Labute approximate surface area is 144 Å². The van der Waals surface area contributed by atoms with E-state index in [1.54, 1.807) is 36.2 Å². The van der Waals surface area contributed by atoms with Gasteiger partial charge in [0.2, 0.25) is 5.91 Å². The van der Waals surface area contributed by atoms with Crippen molar-refractivity contribution in [2.45, 2.75) is 44.6 Å². The summed E-state index contributed by atoms with van der Waals surface area (Å²) in [6.45, 7) is 6.55. The van der Waals surface area contributed by atoms with Gasteiger partial charge in [-0.3, -0.25) is 14.5 Å². The van der Waals surface area contributed by atoms with Crippen LogP contribution in [0.15, 0.2) is 34.2 Å². The molecule has 1 heterocycles. The van der Waals surface area contributed by atoms with Gasteiger partial charge in [0.15, 0.2) is 0 Å². The fourth-order valence-electron chi connectivity index (χ4n) is 2.78. The molecule has 0 bridgehead atoms. The van der Waals surface area contributed by atoms with E-state index >= 15 is 0 Å². The minimum Gasteiger partial charge on any atom is -0.343 e. The van der Waals surface area contributed by atoms with Crippen LogP contribution in [0.3, 0.4) is 0 Å². The minimum atomic E-state index is -3.52. The number of rotatable bonds is 6. The van der Waals surface area contributed by atoms with Crippen LogP contribution in [0.5, 0.6) is 0 Å². The molecule has 1 aromatic carbocycles. The topological polar surface area (TPSA) is 78.8 Å². The molecule has 0 saturated heterocycles. The molecule has 132 valence electrons. The highest BCUT2D eigenvalue weighted by molar-refractivity contribution is 7.90. The minimum absolute atomic E-state index is 0.0154. The van der Waals surface area contributed by atoms with E-state index in [0.717, 1.165) is 6.42 Å². The van der Waals surface area contributed by atoms with Crippen LogP contribution in [0.4, 0.5) is 0 Å². The molecule has 1 unspecified atom stereocenters. The Bertz CT molecular complexity index is 741. The van der Waals surface area contributed by atoms with Gasteiger partial charge < -0.3 is 4.90 Å². The fourth-order valence-corrected chi connectivity index (χ4v) is 4.03. The highest BCUT2D eigenvalue weighted by Crippen LogP contribution is 2.22. The molecule has 1 N–H and O–H groups in total. The lowest BCUT2D eigenvalue weighted by atomic mass is 10.0. The molecule has 1 amide bonds. The number of nitrogens with one attached hydrogen (secondary N) is 1. The van der Waals surface area contributed by atoms with E-state index in [0.29, 0.717) is 17.3 Å². The molecule has 1 aliphatic heterocycles. The second-order valence-corrected chi connectivity index (χ2v) is 8.22. The Morgan fingerprint density at radius 3 is 2.58 bits per heavy atom. The van der Waals surface area contributed by atoms with Gasteiger partial charge in [0, 0.05) is 25.1 Å². The molecular formula is C17H25N3O3S. The molecule has 1 aromatic rings. The number of sulfonamides is 1. The van der Waals surface area contributed by atoms with Crippen LogP contribution in [0.2, 0.25) is 0 Å². The standard InChI is InChI=1S/C17H25N3O3S/c1-12(2)11-13(3)20(4)16(21)9-10-18-17-14-7-5-6-8-15(14)24(22,23)19-17/h5-8,12-13H,9-11H2,1-4H3,(H,18,19). The van der Waals surface area contributed by atoms with Crippen molar-refractivity contribution in [1.29, 1.82) is 0 Å². The first kappa shape index (κ1) is 18.4. The molecule has 0 radical (unpaired) electrons. The summed E-state index contributed by atoms with van der Waals surface area (Å²) in [6, 6.07) is 6.88. The zero-order valence-corrected chi connectivity index (χ0v) is 15.4. The molecule has 0 saturated carbocycles. The monoisotopic (exact) mass is 351 g/mol. The highest BCUT2D eigenvalue weighted by Gasteiger charge is 2.30. The Morgan fingerprint density at radius 1 is 1.25 bits per heavy atom. The third-order valence-electron chi connectivity index (χ3n) is 4.13. The van der Waals surface area contributed by atoms with Gasteiger partial charge in [0.1, 0.15) is 5.84 Å². The van der Waals surface area contributed by atoms with Crippen LogP contribution in [0.25, 0.3) is 0 Å². The smallest absolute Gasteiger partial charge is 0.263 e. The SMILES string of the molecule is CC(C)CC(C)N(C)C(=O)CCN=C1NS(=O)(=O)c2ccccc21. The first-order valence-corrected chi connectivity index (χ1v) is 9.63. The largest absolute Gasteiger partial charge is 0.343 e. The lowest BCUT2D eigenvalue weighted by Crippen LogP contribution is -2.36. The summed E-state index contributed by atoms with van der Waals surface area (Å²) >= 11 is 0. The number of benzene rings is 1. The molecule has 2 rings (SSSR count). The summed E-state index contributed by atoms with van der Waals surface area (Å²) in [7, 11) is -1.72. The molecule has 1 aliphatic rings. The predicted octanol–water partition coefficient (Wildman–Crippen LogP) is 2.01. The zero-order chi connectivity index (χ0) is 17.9. The molecule has 0 aliphatic carbocycles. The predicted molar refractivity (Wildman–Crippen MR) is 94.5 cm³/mol. The third-order valence-corrected chi connectivity index (χ3v) is 5.52. The molecular weight excluding hydrogens is 326 g/mol. The van der Waals surface area contributed by atoms with E-state index in [4.69, 9.17) is 0 Å².